The lowest BCUT2D eigenvalue weighted by Gasteiger charge is -2.31. The number of carbonyl (C=O) groups excluding carboxylic acids is 1. The highest BCUT2D eigenvalue weighted by atomic mass is 32.1. The minimum Gasteiger partial charge on any atom is -0.393 e. The maximum absolute atomic E-state index is 12.0. The number of nitrogen functional groups attached to an aromatic ring is 1. The number of hydrogen-bond acceptors (Lipinski definition) is 7. The monoisotopic (exact) mass is 300 g/mol. The molecular formula is C12H20N4O3S. The van der Waals surface area contributed by atoms with Gasteiger partial charge >= 0.3 is 0 Å². The van der Waals surface area contributed by atoms with E-state index in [0.29, 0.717) is 35.6 Å². The Morgan fingerprint density at radius 2 is 2.35 bits per heavy atom. The van der Waals surface area contributed by atoms with Crippen LogP contribution in [0.5, 0.6) is 0 Å². The molecule has 0 unspecified atom stereocenters. The number of anilines is 2. The van der Waals surface area contributed by atoms with Crippen LogP contribution in [0.2, 0.25) is 0 Å². The van der Waals surface area contributed by atoms with Gasteiger partial charge in [-0.05, 0) is 18.8 Å². The Bertz CT molecular complexity index is 460. The van der Waals surface area contributed by atoms with E-state index in [9.17, 15) is 9.90 Å². The van der Waals surface area contributed by atoms with Gasteiger partial charge in [0.15, 0.2) is 5.13 Å². The van der Waals surface area contributed by atoms with Crippen molar-refractivity contribution < 1.29 is 14.6 Å². The molecule has 1 saturated carbocycles. The maximum Gasteiger partial charge on any atom is 0.265 e. The Hall–Kier alpha value is -1.38. The zero-order valence-electron chi connectivity index (χ0n) is 11.4. The lowest BCUT2D eigenvalue weighted by atomic mass is 9.82. The van der Waals surface area contributed by atoms with E-state index < -0.39 is 0 Å². The van der Waals surface area contributed by atoms with E-state index in [1.807, 2.05) is 0 Å². The van der Waals surface area contributed by atoms with E-state index in [1.165, 1.54) is 11.3 Å². The van der Waals surface area contributed by atoms with Crippen LogP contribution in [0.15, 0.2) is 0 Å². The highest BCUT2D eigenvalue weighted by molar-refractivity contribution is 7.18. The Morgan fingerprint density at radius 1 is 1.60 bits per heavy atom. The number of hydrogen-bond donors (Lipinski definition) is 4. The predicted molar refractivity (Wildman–Crippen MR) is 78.0 cm³/mol. The van der Waals surface area contributed by atoms with Crippen molar-refractivity contribution in [3.63, 3.8) is 0 Å². The molecule has 0 aromatic carbocycles. The number of carbonyl (C=O) groups is 1. The van der Waals surface area contributed by atoms with Crippen LogP contribution in [0.1, 0.15) is 22.5 Å². The zero-order chi connectivity index (χ0) is 14.5. The summed E-state index contributed by atoms with van der Waals surface area (Å²) in [6, 6.07) is 0. The van der Waals surface area contributed by atoms with Gasteiger partial charge in [0.25, 0.3) is 5.91 Å². The second kappa shape index (κ2) is 6.87. The van der Waals surface area contributed by atoms with Crippen molar-refractivity contribution in [2.45, 2.75) is 18.9 Å². The minimum atomic E-state index is -0.207. The summed E-state index contributed by atoms with van der Waals surface area (Å²) in [5, 5.41) is 15.7. The summed E-state index contributed by atoms with van der Waals surface area (Å²) in [5.74, 6) is 0.393. The van der Waals surface area contributed by atoms with Crippen molar-refractivity contribution in [2.75, 3.05) is 37.9 Å². The van der Waals surface area contributed by atoms with E-state index in [0.717, 1.165) is 12.8 Å². The maximum atomic E-state index is 12.0. The molecule has 0 bridgehead atoms. The lowest BCUT2D eigenvalue weighted by Crippen LogP contribution is -2.38. The molecule has 0 spiro atoms. The molecule has 5 N–H and O–H groups in total. The van der Waals surface area contributed by atoms with Gasteiger partial charge < -0.3 is 26.2 Å². The van der Waals surface area contributed by atoms with Crippen molar-refractivity contribution in [2.24, 2.45) is 5.92 Å². The number of aliphatic hydroxyl groups is 1. The van der Waals surface area contributed by atoms with E-state index >= 15 is 0 Å². The first-order chi connectivity index (χ1) is 9.60. The molecule has 0 saturated heterocycles. The molecule has 0 atom stereocenters. The fourth-order valence-electron chi connectivity index (χ4n) is 2.01. The largest absolute Gasteiger partial charge is 0.393 e. The van der Waals surface area contributed by atoms with Crippen molar-refractivity contribution in [1.82, 2.24) is 10.3 Å². The van der Waals surface area contributed by atoms with E-state index in [4.69, 9.17) is 10.5 Å². The third-order valence-corrected chi connectivity index (χ3v) is 4.23. The van der Waals surface area contributed by atoms with Gasteiger partial charge in [0.1, 0.15) is 10.7 Å². The van der Waals surface area contributed by atoms with Crippen LogP contribution in [-0.2, 0) is 4.74 Å². The molecule has 7 nitrogen and oxygen atoms in total. The van der Waals surface area contributed by atoms with Crippen LogP contribution in [-0.4, -0.2) is 48.9 Å². The van der Waals surface area contributed by atoms with Gasteiger partial charge in [-0.25, -0.2) is 4.98 Å². The Kier molecular flexibility index (Phi) is 5.16. The summed E-state index contributed by atoms with van der Waals surface area (Å²) in [4.78, 5) is 16.5. The molecule has 1 heterocycles. The number of nitrogens with zero attached hydrogens (tertiary/aromatic N) is 1. The first-order valence-electron chi connectivity index (χ1n) is 6.55. The van der Waals surface area contributed by atoms with Crippen molar-refractivity contribution in [1.29, 1.82) is 0 Å². The predicted octanol–water partition coefficient (Wildman–Crippen LogP) is 0.284. The van der Waals surface area contributed by atoms with Crippen molar-refractivity contribution >= 4 is 28.2 Å². The number of methoxy groups -OCH3 is 1. The molecule has 8 heteroatoms. The van der Waals surface area contributed by atoms with Crippen molar-refractivity contribution in [3.05, 3.63) is 4.88 Å². The molecule has 1 aliphatic rings. The summed E-state index contributed by atoms with van der Waals surface area (Å²) in [7, 11) is 1.62. The molecule has 1 aromatic rings. The van der Waals surface area contributed by atoms with E-state index in [1.54, 1.807) is 7.11 Å². The SMILES string of the molecule is COCCNc1nc(N)c(C(=O)NCC2CC(O)C2)s1. The van der Waals surface area contributed by atoms with Gasteiger partial charge in [-0.15, -0.1) is 0 Å². The smallest absolute Gasteiger partial charge is 0.265 e. The molecule has 1 aromatic heterocycles. The highest BCUT2D eigenvalue weighted by Crippen LogP contribution is 2.27. The molecule has 1 fully saturated rings. The normalized spacial score (nSPS) is 21.3. The average molecular weight is 300 g/mol. The van der Waals surface area contributed by atoms with Gasteiger partial charge in [-0.2, -0.15) is 0 Å². The summed E-state index contributed by atoms with van der Waals surface area (Å²) < 4.78 is 4.92. The topological polar surface area (TPSA) is 110 Å². The highest BCUT2D eigenvalue weighted by Gasteiger charge is 2.27. The third kappa shape index (κ3) is 3.81. The first kappa shape index (κ1) is 15.0. The van der Waals surface area contributed by atoms with Gasteiger partial charge in [0, 0.05) is 20.2 Å². The summed E-state index contributed by atoms with van der Waals surface area (Å²) in [5.41, 5.74) is 5.75. The minimum absolute atomic E-state index is 0.207. The fourth-order valence-corrected chi connectivity index (χ4v) is 2.84. The Labute approximate surface area is 121 Å². The summed E-state index contributed by atoms with van der Waals surface area (Å²) in [6.07, 6.45) is 1.30. The molecular weight excluding hydrogens is 280 g/mol. The first-order valence-corrected chi connectivity index (χ1v) is 7.37. The molecule has 1 amide bonds. The van der Waals surface area contributed by atoms with Gasteiger partial charge in [0.2, 0.25) is 0 Å². The number of amides is 1. The number of rotatable bonds is 7. The molecule has 2 rings (SSSR count). The lowest BCUT2D eigenvalue weighted by molar-refractivity contribution is 0.0420. The standard InChI is InChI=1S/C12H20N4O3S/c1-19-3-2-14-12-16-10(13)9(20-12)11(18)15-6-7-4-8(17)5-7/h7-8,17H,2-6,13H2,1H3,(H,14,16)(H,15,18). The number of nitrogens with two attached hydrogens (primary N) is 1. The van der Waals surface area contributed by atoms with Crippen molar-refractivity contribution in [3.8, 4) is 0 Å². The number of aliphatic hydroxyl groups excluding tert-OH is 1. The van der Waals surface area contributed by atoms with Crippen LogP contribution >= 0.6 is 11.3 Å². The van der Waals surface area contributed by atoms with Crippen LogP contribution < -0.4 is 16.4 Å². The van der Waals surface area contributed by atoms with Crippen LogP contribution in [0.3, 0.4) is 0 Å². The second-order valence-electron chi connectivity index (χ2n) is 4.85. The van der Waals surface area contributed by atoms with Gasteiger partial charge in [0.05, 0.1) is 12.7 Å². The van der Waals surface area contributed by atoms with Crippen LogP contribution in [0.4, 0.5) is 10.9 Å². The summed E-state index contributed by atoms with van der Waals surface area (Å²) in [6.45, 7) is 1.75. The molecule has 112 valence electrons. The van der Waals surface area contributed by atoms with Crippen LogP contribution in [0.25, 0.3) is 0 Å². The molecule has 0 radical (unpaired) electrons. The quantitative estimate of drug-likeness (QED) is 0.539. The van der Waals surface area contributed by atoms with Gasteiger partial charge in [-0.1, -0.05) is 11.3 Å². The summed E-state index contributed by atoms with van der Waals surface area (Å²) >= 11 is 1.23. The fraction of sp³-hybridized carbons (Fsp3) is 0.667. The average Bonchev–Trinajstić information content (AvgIpc) is 2.74. The Morgan fingerprint density at radius 3 is 3.00 bits per heavy atom. The number of aromatic nitrogens is 1. The third-order valence-electron chi connectivity index (χ3n) is 3.20. The molecule has 0 aliphatic heterocycles. The second-order valence-corrected chi connectivity index (χ2v) is 5.85. The number of ether oxygens (including phenoxy) is 1. The zero-order valence-corrected chi connectivity index (χ0v) is 12.2. The van der Waals surface area contributed by atoms with E-state index in [2.05, 4.69) is 15.6 Å². The van der Waals surface area contributed by atoms with E-state index in [-0.39, 0.29) is 17.8 Å². The van der Waals surface area contributed by atoms with Gasteiger partial charge in [-0.3, -0.25) is 4.79 Å². The number of nitrogens with one attached hydrogen (secondary N) is 2. The molecule has 20 heavy (non-hydrogen) atoms. The molecule has 1 aliphatic carbocycles. The van der Waals surface area contributed by atoms with Crippen LogP contribution in [0, 0.1) is 5.92 Å². The number of thiazole rings is 1. The Balaban J connectivity index is 1.82.